The lowest BCUT2D eigenvalue weighted by atomic mass is 10.3. The zero-order chi connectivity index (χ0) is 13.0. The van der Waals surface area contributed by atoms with Gasteiger partial charge in [0.25, 0.3) is 0 Å². The summed E-state index contributed by atoms with van der Waals surface area (Å²) in [5, 5.41) is 0. The van der Waals surface area contributed by atoms with Crippen LogP contribution >= 0.6 is 47.8 Å². The van der Waals surface area contributed by atoms with Gasteiger partial charge in [-0.2, -0.15) is 0 Å². The molecule has 0 aliphatic heterocycles. The second-order valence-electron chi connectivity index (χ2n) is 2.94. The van der Waals surface area contributed by atoms with E-state index in [0.717, 1.165) is 4.47 Å². The molecule has 1 rings (SSSR count). The lowest BCUT2D eigenvalue weighted by molar-refractivity contribution is -0.140. The first-order valence-corrected chi connectivity index (χ1v) is 7.02. The maximum atomic E-state index is 11.4. The maximum Gasteiger partial charge on any atom is 0.373 e. The number of benzene rings is 1. The lowest BCUT2D eigenvalue weighted by Crippen LogP contribution is -2.11. The van der Waals surface area contributed by atoms with Crippen molar-refractivity contribution in [3.8, 4) is 5.75 Å². The molecule has 0 atom stereocenters. The quantitative estimate of drug-likeness (QED) is 0.404. The molecule has 3 nitrogen and oxygen atoms in total. The van der Waals surface area contributed by atoms with Crippen molar-refractivity contribution in [3.63, 3.8) is 0 Å². The molecule has 0 N–H and O–H groups in total. The minimum atomic E-state index is -0.575. The van der Waals surface area contributed by atoms with Crippen LogP contribution < -0.4 is 4.74 Å². The summed E-state index contributed by atoms with van der Waals surface area (Å²) in [6, 6.07) is 3.61. The van der Waals surface area contributed by atoms with Gasteiger partial charge in [-0.05, 0) is 57.5 Å². The van der Waals surface area contributed by atoms with Gasteiger partial charge in [-0.15, -0.1) is 0 Å². The van der Waals surface area contributed by atoms with Crippen molar-refractivity contribution in [1.29, 1.82) is 0 Å². The summed E-state index contributed by atoms with van der Waals surface area (Å²) in [6.07, 6.45) is 0. The molecule has 0 saturated heterocycles. The highest BCUT2D eigenvalue weighted by Gasteiger charge is 2.15. The Balaban J connectivity index is 2.89. The first-order valence-electron chi connectivity index (χ1n) is 4.64. The smallest absolute Gasteiger partial charge is 0.373 e. The van der Waals surface area contributed by atoms with Crippen LogP contribution in [-0.2, 0) is 9.53 Å². The molecule has 0 heterocycles. The van der Waals surface area contributed by atoms with Crippen LogP contribution in [0.3, 0.4) is 0 Å². The van der Waals surface area contributed by atoms with Crippen LogP contribution in [0, 0.1) is 0 Å². The third-order valence-electron chi connectivity index (χ3n) is 1.69. The third-order valence-corrected chi connectivity index (χ3v) is 3.33. The summed E-state index contributed by atoms with van der Waals surface area (Å²) in [6.45, 7) is 5.52. The highest BCUT2D eigenvalue weighted by molar-refractivity contribution is 9.11. The fourth-order valence-corrected chi connectivity index (χ4v) is 3.42. The van der Waals surface area contributed by atoms with Crippen LogP contribution in [0.4, 0.5) is 0 Å². The molecule has 0 spiro atoms. The Labute approximate surface area is 125 Å². The largest absolute Gasteiger partial charge is 0.460 e. The third kappa shape index (κ3) is 4.12. The molecule has 0 bridgehead atoms. The second kappa shape index (κ2) is 6.56. The summed E-state index contributed by atoms with van der Waals surface area (Å²) in [5.41, 5.74) is 0. The first-order chi connectivity index (χ1) is 7.95. The van der Waals surface area contributed by atoms with E-state index in [1.165, 1.54) is 0 Å². The van der Waals surface area contributed by atoms with Crippen LogP contribution in [0.15, 0.2) is 37.9 Å². The van der Waals surface area contributed by atoms with Gasteiger partial charge in [0.05, 0.1) is 15.6 Å². The van der Waals surface area contributed by atoms with Gasteiger partial charge in [0.2, 0.25) is 5.76 Å². The number of esters is 1. The molecule has 0 unspecified atom stereocenters. The van der Waals surface area contributed by atoms with Gasteiger partial charge in [0, 0.05) is 4.47 Å². The van der Waals surface area contributed by atoms with Gasteiger partial charge in [0.15, 0.2) is 5.75 Å². The van der Waals surface area contributed by atoms with E-state index in [2.05, 4.69) is 54.4 Å². The van der Waals surface area contributed by atoms with Crippen LogP contribution in [0.1, 0.15) is 6.92 Å². The minimum Gasteiger partial charge on any atom is -0.460 e. The number of hydrogen-bond donors (Lipinski definition) is 0. The van der Waals surface area contributed by atoms with Gasteiger partial charge in [0.1, 0.15) is 0 Å². The van der Waals surface area contributed by atoms with Crippen molar-refractivity contribution in [2.45, 2.75) is 6.92 Å². The van der Waals surface area contributed by atoms with E-state index in [9.17, 15) is 4.79 Å². The number of halogens is 3. The molecular formula is C11H9Br3O3. The monoisotopic (exact) mass is 426 g/mol. The summed E-state index contributed by atoms with van der Waals surface area (Å²) in [5.74, 6) is -0.156. The van der Waals surface area contributed by atoms with Gasteiger partial charge >= 0.3 is 5.97 Å². The number of hydrogen-bond acceptors (Lipinski definition) is 3. The highest BCUT2D eigenvalue weighted by atomic mass is 79.9. The number of carbonyl (C=O) groups is 1. The van der Waals surface area contributed by atoms with Gasteiger partial charge in [-0.3, -0.25) is 0 Å². The van der Waals surface area contributed by atoms with E-state index in [4.69, 9.17) is 9.47 Å². The SMILES string of the molecule is C=C(Oc1c(Br)cc(Br)cc1Br)C(=O)OCC. The molecule has 1 aromatic rings. The van der Waals surface area contributed by atoms with E-state index < -0.39 is 5.97 Å². The van der Waals surface area contributed by atoms with Crippen molar-refractivity contribution in [1.82, 2.24) is 0 Å². The maximum absolute atomic E-state index is 11.4. The number of rotatable bonds is 4. The summed E-state index contributed by atoms with van der Waals surface area (Å²) >= 11 is 10.0. The van der Waals surface area contributed by atoms with Crippen molar-refractivity contribution in [3.05, 3.63) is 37.9 Å². The zero-order valence-corrected chi connectivity index (χ0v) is 13.7. The van der Waals surface area contributed by atoms with E-state index in [0.29, 0.717) is 14.7 Å². The van der Waals surface area contributed by atoms with Gasteiger partial charge < -0.3 is 9.47 Å². The molecule has 0 aromatic heterocycles. The molecule has 6 heteroatoms. The number of carbonyl (C=O) groups excluding carboxylic acids is 1. The fraction of sp³-hybridized carbons (Fsp3) is 0.182. The molecule has 0 amide bonds. The highest BCUT2D eigenvalue weighted by Crippen LogP contribution is 2.37. The Bertz CT molecular complexity index is 434. The van der Waals surface area contributed by atoms with Crippen molar-refractivity contribution in [2.24, 2.45) is 0 Å². The minimum absolute atomic E-state index is 0.0597. The van der Waals surface area contributed by atoms with E-state index >= 15 is 0 Å². The molecule has 0 aliphatic rings. The molecular weight excluding hydrogens is 420 g/mol. The van der Waals surface area contributed by atoms with Crippen molar-refractivity contribution >= 4 is 53.8 Å². The van der Waals surface area contributed by atoms with Crippen molar-refractivity contribution < 1.29 is 14.3 Å². The van der Waals surface area contributed by atoms with Crippen LogP contribution in [0.25, 0.3) is 0 Å². The van der Waals surface area contributed by atoms with Crippen LogP contribution in [0.2, 0.25) is 0 Å². The van der Waals surface area contributed by atoms with Crippen LogP contribution in [0.5, 0.6) is 5.75 Å². The topological polar surface area (TPSA) is 35.5 Å². The summed E-state index contributed by atoms with van der Waals surface area (Å²) < 4.78 is 12.4. The Morgan fingerprint density at radius 3 is 2.29 bits per heavy atom. The summed E-state index contributed by atoms with van der Waals surface area (Å²) in [4.78, 5) is 11.4. The molecule has 1 aromatic carbocycles. The molecule has 17 heavy (non-hydrogen) atoms. The van der Waals surface area contributed by atoms with Crippen molar-refractivity contribution in [2.75, 3.05) is 6.61 Å². The Morgan fingerprint density at radius 1 is 1.29 bits per heavy atom. The van der Waals surface area contributed by atoms with E-state index in [-0.39, 0.29) is 12.4 Å². The van der Waals surface area contributed by atoms with E-state index in [1.807, 2.05) is 0 Å². The average molecular weight is 429 g/mol. The Hall–Kier alpha value is -0.330. The number of ether oxygens (including phenoxy) is 2. The predicted octanol–water partition coefficient (Wildman–Crippen LogP) is 4.43. The summed E-state index contributed by atoms with van der Waals surface area (Å²) in [7, 11) is 0. The fourth-order valence-electron chi connectivity index (χ4n) is 1.00. The molecule has 0 fully saturated rings. The molecule has 0 radical (unpaired) electrons. The standard InChI is InChI=1S/C11H9Br3O3/c1-3-16-11(15)6(2)17-10-8(13)4-7(12)5-9(10)14/h4-5H,2-3H2,1H3. The lowest BCUT2D eigenvalue weighted by Gasteiger charge is -2.11. The average Bonchev–Trinajstić information content (AvgIpc) is 2.23. The van der Waals surface area contributed by atoms with E-state index in [1.54, 1.807) is 19.1 Å². The zero-order valence-electron chi connectivity index (χ0n) is 8.93. The first kappa shape index (κ1) is 14.7. The Kier molecular flexibility index (Phi) is 5.69. The normalized spacial score (nSPS) is 9.88. The predicted molar refractivity (Wildman–Crippen MR) is 75.9 cm³/mol. The van der Waals surface area contributed by atoms with Crippen LogP contribution in [-0.4, -0.2) is 12.6 Å². The molecule has 0 saturated carbocycles. The second-order valence-corrected chi connectivity index (χ2v) is 5.57. The van der Waals surface area contributed by atoms with Gasteiger partial charge in [-0.25, -0.2) is 4.79 Å². The van der Waals surface area contributed by atoms with Gasteiger partial charge in [-0.1, -0.05) is 15.9 Å². The Morgan fingerprint density at radius 2 is 1.82 bits per heavy atom. The molecule has 0 aliphatic carbocycles. The molecule has 92 valence electrons.